The molecule has 0 radical (unpaired) electrons. The molecule has 0 spiro atoms. The normalized spacial score (nSPS) is 40.4. The van der Waals surface area contributed by atoms with Crippen LogP contribution in [-0.4, -0.2) is 22.2 Å². The molecule has 2 fully saturated rings. The Hall–Kier alpha value is -1.00. The van der Waals surface area contributed by atoms with E-state index in [9.17, 15) is 0 Å². The smallest absolute Gasteiger partial charge is 0.115 e. The van der Waals surface area contributed by atoms with Crippen molar-refractivity contribution in [2.45, 2.75) is 37.0 Å². The van der Waals surface area contributed by atoms with E-state index in [4.69, 9.17) is 10.5 Å². The van der Waals surface area contributed by atoms with E-state index in [1.165, 1.54) is 0 Å². The van der Waals surface area contributed by atoms with Gasteiger partial charge in [-0.2, -0.15) is 0 Å². The van der Waals surface area contributed by atoms with Crippen molar-refractivity contribution in [3.63, 3.8) is 0 Å². The SMILES string of the molecule is NC1(c2ccncn2)CC2CCC1O2. The average molecular weight is 191 g/mol. The van der Waals surface area contributed by atoms with E-state index in [-0.39, 0.29) is 11.6 Å². The van der Waals surface area contributed by atoms with Gasteiger partial charge in [-0.05, 0) is 25.3 Å². The molecular formula is C10H13N3O. The molecular weight excluding hydrogens is 178 g/mol. The Morgan fingerprint density at radius 1 is 1.50 bits per heavy atom. The summed E-state index contributed by atoms with van der Waals surface area (Å²) in [5, 5.41) is 0. The first-order valence-electron chi connectivity index (χ1n) is 5.00. The van der Waals surface area contributed by atoms with Gasteiger partial charge in [-0.3, -0.25) is 0 Å². The highest BCUT2D eigenvalue weighted by atomic mass is 16.5. The maximum Gasteiger partial charge on any atom is 0.115 e. The number of hydrogen-bond donors (Lipinski definition) is 1. The fourth-order valence-electron chi connectivity index (χ4n) is 2.58. The molecule has 3 unspecified atom stereocenters. The molecule has 0 amide bonds. The van der Waals surface area contributed by atoms with Crippen molar-refractivity contribution >= 4 is 0 Å². The predicted molar refractivity (Wildman–Crippen MR) is 50.4 cm³/mol. The lowest BCUT2D eigenvalue weighted by atomic mass is 9.80. The van der Waals surface area contributed by atoms with Gasteiger partial charge >= 0.3 is 0 Å². The van der Waals surface area contributed by atoms with Crippen molar-refractivity contribution in [3.05, 3.63) is 24.3 Å². The molecule has 1 aromatic rings. The molecule has 2 aliphatic rings. The van der Waals surface area contributed by atoms with Crippen LogP contribution in [0, 0.1) is 0 Å². The summed E-state index contributed by atoms with van der Waals surface area (Å²) in [6.45, 7) is 0. The summed E-state index contributed by atoms with van der Waals surface area (Å²) in [5.74, 6) is 0. The number of fused-ring (bicyclic) bond motifs is 2. The zero-order valence-electron chi connectivity index (χ0n) is 7.89. The first-order chi connectivity index (χ1) is 6.79. The largest absolute Gasteiger partial charge is 0.373 e. The van der Waals surface area contributed by atoms with Crippen LogP contribution in [0.5, 0.6) is 0 Å². The van der Waals surface area contributed by atoms with Crippen LogP contribution in [0.25, 0.3) is 0 Å². The standard InChI is InChI=1S/C10H13N3O/c11-10(8-3-4-12-6-13-8)5-7-1-2-9(10)14-7/h3-4,6-7,9H,1-2,5,11H2. The Bertz CT molecular complexity index is 342. The van der Waals surface area contributed by atoms with Crippen LogP contribution in [0.15, 0.2) is 18.6 Å². The Balaban J connectivity index is 1.98. The molecule has 1 aromatic heterocycles. The number of aromatic nitrogens is 2. The van der Waals surface area contributed by atoms with Gasteiger partial charge in [-0.25, -0.2) is 9.97 Å². The van der Waals surface area contributed by atoms with Crippen LogP contribution in [0.2, 0.25) is 0 Å². The Morgan fingerprint density at radius 2 is 2.43 bits per heavy atom. The minimum absolute atomic E-state index is 0.155. The monoisotopic (exact) mass is 191 g/mol. The molecule has 3 rings (SSSR count). The predicted octanol–water partition coefficient (Wildman–Crippen LogP) is 0.582. The maximum absolute atomic E-state index is 6.35. The zero-order valence-corrected chi connectivity index (χ0v) is 7.89. The number of nitrogens with zero attached hydrogens (tertiary/aromatic N) is 2. The van der Waals surface area contributed by atoms with Crippen molar-refractivity contribution in [2.75, 3.05) is 0 Å². The summed E-state index contributed by atoms with van der Waals surface area (Å²) in [6, 6.07) is 1.89. The lowest BCUT2D eigenvalue weighted by Crippen LogP contribution is -2.46. The highest BCUT2D eigenvalue weighted by Crippen LogP contribution is 2.45. The van der Waals surface area contributed by atoms with Crippen LogP contribution in [0.1, 0.15) is 25.0 Å². The lowest BCUT2D eigenvalue weighted by molar-refractivity contribution is 0.0845. The lowest BCUT2D eigenvalue weighted by Gasteiger charge is -2.30. The first kappa shape index (κ1) is 8.32. The van der Waals surface area contributed by atoms with Gasteiger partial charge in [0.1, 0.15) is 6.33 Å². The molecule has 4 nitrogen and oxygen atoms in total. The average Bonchev–Trinajstić information content (AvgIpc) is 2.79. The van der Waals surface area contributed by atoms with Gasteiger partial charge in [0.25, 0.3) is 0 Å². The molecule has 2 aliphatic heterocycles. The van der Waals surface area contributed by atoms with E-state index in [0.29, 0.717) is 6.10 Å². The summed E-state index contributed by atoms with van der Waals surface area (Å²) < 4.78 is 5.76. The molecule has 74 valence electrons. The van der Waals surface area contributed by atoms with E-state index >= 15 is 0 Å². The van der Waals surface area contributed by atoms with E-state index in [2.05, 4.69) is 9.97 Å². The summed E-state index contributed by atoms with van der Waals surface area (Å²) >= 11 is 0. The van der Waals surface area contributed by atoms with Crippen molar-refractivity contribution < 1.29 is 4.74 Å². The minimum atomic E-state index is -0.369. The second-order valence-corrected chi connectivity index (χ2v) is 4.16. The highest BCUT2D eigenvalue weighted by Gasteiger charge is 2.51. The minimum Gasteiger partial charge on any atom is -0.373 e. The van der Waals surface area contributed by atoms with Crippen molar-refractivity contribution in [2.24, 2.45) is 5.73 Å². The summed E-state index contributed by atoms with van der Waals surface area (Å²) in [6.07, 6.45) is 6.90. The molecule has 14 heavy (non-hydrogen) atoms. The fraction of sp³-hybridized carbons (Fsp3) is 0.600. The zero-order chi connectivity index (χ0) is 9.60. The first-order valence-corrected chi connectivity index (χ1v) is 5.00. The van der Waals surface area contributed by atoms with E-state index < -0.39 is 0 Å². The molecule has 3 atom stereocenters. The van der Waals surface area contributed by atoms with E-state index in [1.54, 1.807) is 12.5 Å². The van der Waals surface area contributed by atoms with Crippen molar-refractivity contribution in [3.8, 4) is 0 Å². The van der Waals surface area contributed by atoms with Gasteiger partial charge in [-0.1, -0.05) is 0 Å². The van der Waals surface area contributed by atoms with Crippen molar-refractivity contribution in [1.82, 2.24) is 9.97 Å². The molecule has 4 heteroatoms. The third-order valence-electron chi connectivity index (χ3n) is 3.31. The van der Waals surface area contributed by atoms with Gasteiger partial charge in [0, 0.05) is 6.20 Å². The molecule has 2 saturated heterocycles. The Morgan fingerprint density at radius 3 is 3.00 bits per heavy atom. The van der Waals surface area contributed by atoms with Gasteiger partial charge in [0.2, 0.25) is 0 Å². The topological polar surface area (TPSA) is 61.0 Å². The number of ether oxygens (including phenoxy) is 1. The second-order valence-electron chi connectivity index (χ2n) is 4.16. The molecule has 0 aromatic carbocycles. The second kappa shape index (κ2) is 2.74. The van der Waals surface area contributed by atoms with Crippen LogP contribution >= 0.6 is 0 Å². The van der Waals surface area contributed by atoms with E-state index in [0.717, 1.165) is 25.0 Å². The Kier molecular flexibility index (Phi) is 1.63. The van der Waals surface area contributed by atoms with Crippen LogP contribution < -0.4 is 5.73 Å². The third-order valence-corrected chi connectivity index (χ3v) is 3.31. The molecule has 3 heterocycles. The summed E-state index contributed by atoms with van der Waals surface area (Å²) in [4.78, 5) is 8.14. The van der Waals surface area contributed by atoms with Gasteiger partial charge in [0.15, 0.2) is 0 Å². The summed E-state index contributed by atoms with van der Waals surface area (Å²) in [7, 11) is 0. The van der Waals surface area contributed by atoms with Crippen molar-refractivity contribution in [1.29, 1.82) is 0 Å². The van der Waals surface area contributed by atoms with Gasteiger partial charge in [0.05, 0.1) is 23.4 Å². The van der Waals surface area contributed by atoms with Gasteiger partial charge in [-0.15, -0.1) is 0 Å². The highest BCUT2D eigenvalue weighted by molar-refractivity contribution is 5.20. The number of nitrogens with two attached hydrogens (primary N) is 1. The Labute approximate surface area is 82.5 Å². The van der Waals surface area contributed by atoms with Gasteiger partial charge < -0.3 is 10.5 Å². The molecule has 2 bridgehead atoms. The molecule has 0 aliphatic carbocycles. The molecule has 0 saturated carbocycles. The number of hydrogen-bond acceptors (Lipinski definition) is 4. The fourth-order valence-corrected chi connectivity index (χ4v) is 2.58. The quantitative estimate of drug-likeness (QED) is 0.705. The van der Waals surface area contributed by atoms with E-state index in [1.807, 2.05) is 6.07 Å². The van der Waals surface area contributed by atoms with Crippen LogP contribution in [0.3, 0.4) is 0 Å². The number of rotatable bonds is 1. The maximum atomic E-state index is 6.35. The third kappa shape index (κ3) is 1.01. The van der Waals surface area contributed by atoms with Crippen LogP contribution in [0.4, 0.5) is 0 Å². The molecule has 2 N–H and O–H groups in total. The summed E-state index contributed by atoms with van der Waals surface area (Å²) in [5.41, 5.74) is 6.90. The van der Waals surface area contributed by atoms with Crippen LogP contribution in [-0.2, 0) is 10.3 Å².